The molecule has 0 radical (unpaired) electrons. The molecule has 2 heteroatoms. The quantitative estimate of drug-likeness (QED) is 0.238. The molecular weight excluding hydrogens is 472 g/mol. The van der Waals surface area contributed by atoms with Crippen LogP contribution < -0.4 is 10.6 Å². The summed E-state index contributed by atoms with van der Waals surface area (Å²) in [5.41, 5.74) is 17.0. The van der Waals surface area contributed by atoms with Gasteiger partial charge in [-0.05, 0) is 80.7 Å². The van der Waals surface area contributed by atoms with Gasteiger partial charge in [0, 0.05) is 17.3 Å². The van der Waals surface area contributed by atoms with Gasteiger partial charge in [-0.3, -0.25) is 0 Å². The molecule has 0 saturated heterocycles. The minimum absolute atomic E-state index is 0.921. The van der Waals surface area contributed by atoms with Crippen molar-refractivity contribution in [1.82, 2.24) is 0 Å². The van der Waals surface area contributed by atoms with Crippen LogP contribution in [0.4, 0.5) is 11.4 Å². The summed E-state index contributed by atoms with van der Waals surface area (Å²) in [5, 5.41) is 5.01. The van der Waals surface area contributed by atoms with Crippen molar-refractivity contribution in [2.45, 2.75) is 6.92 Å². The van der Waals surface area contributed by atoms with E-state index in [1.165, 1.54) is 54.9 Å². The van der Waals surface area contributed by atoms with Gasteiger partial charge in [-0.2, -0.15) is 0 Å². The van der Waals surface area contributed by atoms with Gasteiger partial charge < -0.3 is 10.6 Å². The summed E-state index contributed by atoms with van der Waals surface area (Å²) in [6.07, 6.45) is 5.75. The number of nitrogens with two attached hydrogens (primary N) is 1. The molecule has 6 aromatic rings. The maximum Gasteiger partial charge on any atom is 0.0613 e. The Labute approximate surface area is 229 Å². The zero-order valence-electron chi connectivity index (χ0n) is 21.8. The van der Waals surface area contributed by atoms with Crippen molar-refractivity contribution in [3.05, 3.63) is 145 Å². The van der Waals surface area contributed by atoms with Crippen molar-refractivity contribution in [3.63, 3.8) is 0 Å². The Balaban J connectivity index is 1.36. The summed E-state index contributed by atoms with van der Waals surface area (Å²) in [5.74, 6) is 0. The Bertz CT molecular complexity index is 1890. The Morgan fingerprint density at radius 2 is 1.21 bits per heavy atom. The van der Waals surface area contributed by atoms with Gasteiger partial charge in [0.25, 0.3) is 0 Å². The fourth-order valence-electron chi connectivity index (χ4n) is 6.06. The third-order valence-electron chi connectivity index (χ3n) is 7.76. The highest BCUT2D eigenvalue weighted by Crippen LogP contribution is 2.49. The van der Waals surface area contributed by atoms with Gasteiger partial charge in [-0.1, -0.05) is 109 Å². The van der Waals surface area contributed by atoms with Gasteiger partial charge >= 0.3 is 0 Å². The van der Waals surface area contributed by atoms with Crippen LogP contribution in [0.15, 0.2) is 145 Å². The number of fused-ring (bicyclic) bond motifs is 4. The van der Waals surface area contributed by atoms with E-state index in [1.807, 2.05) is 13.0 Å². The number of anilines is 2. The molecule has 0 fully saturated rings. The molecule has 0 atom stereocenters. The van der Waals surface area contributed by atoms with Crippen LogP contribution in [0.3, 0.4) is 0 Å². The van der Waals surface area contributed by atoms with Gasteiger partial charge in [0.15, 0.2) is 0 Å². The Morgan fingerprint density at radius 3 is 1.97 bits per heavy atom. The standard InChI is InChI=1S/C37H28N2/c1-2-9-28(24-38)39(36-17-7-11-25-10-3-4-12-30(25)36)27-20-18-26(19-21-27)29-22-23-35-32-14-6-5-13-31(32)34-16-8-15-33(29)37(34)35/h2-24H,38H2,1H3/b9-2-,28-24+. The van der Waals surface area contributed by atoms with Gasteiger partial charge in [0.05, 0.1) is 11.4 Å². The van der Waals surface area contributed by atoms with E-state index in [0.717, 1.165) is 17.1 Å². The summed E-state index contributed by atoms with van der Waals surface area (Å²) >= 11 is 0. The monoisotopic (exact) mass is 500 g/mol. The van der Waals surface area contributed by atoms with Crippen molar-refractivity contribution in [2.24, 2.45) is 5.73 Å². The fourth-order valence-corrected chi connectivity index (χ4v) is 6.06. The first kappa shape index (κ1) is 23.1. The lowest BCUT2D eigenvalue weighted by Crippen LogP contribution is -2.16. The number of rotatable bonds is 5. The third kappa shape index (κ3) is 3.65. The minimum atomic E-state index is 0.921. The van der Waals surface area contributed by atoms with Crippen molar-refractivity contribution < 1.29 is 0 Å². The Morgan fingerprint density at radius 1 is 0.590 bits per heavy atom. The predicted molar refractivity (Wildman–Crippen MR) is 167 cm³/mol. The van der Waals surface area contributed by atoms with Gasteiger partial charge in [0.2, 0.25) is 0 Å². The highest BCUT2D eigenvalue weighted by atomic mass is 15.2. The third-order valence-corrected chi connectivity index (χ3v) is 7.76. The van der Waals surface area contributed by atoms with E-state index in [9.17, 15) is 0 Å². The van der Waals surface area contributed by atoms with Crippen molar-refractivity contribution >= 4 is 32.9 Å². The molecule has 2 nitrogen and oxygen atoms in total. The zero-order chi connectivity index (χ0) is 26.3. The second kappa shape index (κ2) is 9.34. The number of allylic oxidation sites excluding steroid dienone is 2. The van der Waals surface area contributed by atoms with Crippen LogP contribution in [0.1, 0.15) is 6.92 Å². The fraction of sp³-hybridized carbons (Fsp3) is 0.0270. The molecule has 39 heavy (non-hydrogen) atoms. The Hall–Kier alpha value is -5.08. The number of nitrogens with zero attached hydrogens (tertiary/aromatic N) is 1. The topological polar surface area (TPSA) is 29.3 Å². The number of hydrogen-bond donors (Lipinski definition) is 1. The summed E-state index contributed by atoms with van der Waals surface area (Å²) in [6, 6.07) is 43.7. The highest BCUT2D eigenvalue weighted by molar-refractivity contribution is 6.18. The van der Waals surface area contributed by atoms with Crippen LogP contribution in [-0.2, 0) is 0 Å². The van der Waals surface area contributed by atoms with E-state index in [2.05, 4.69) is 132 Å². The van der Waals surface area contributed by atoms with E-state index in [1.54, 1.807) is 6.20 Å². The number of benzene rings is 6. The molecule has 0 saturated carbocycles. The van der Waals surface area contributed by atoms with Crippen LogP contribution in [0.5, 0.6) is 0 Å². The van der Waals surface area contributed by atoms with E-state index in [4.69, 9.17) is 5.73 Å². The second-order valence-electron chi connectivity index (χ2n) is 9.91. The average molecular weight is 501 g/mol. The summed E-state index contributed by atoms with van der Waals surface area (Å²) in [6.45, 7) is 2.02. The van der Waals surface area contributed by atoms with Crippen molar-refractivity contribution in [1.29, 1.82) is 0 Å². The second-order valence-corrected chi connectivity index (χ2v) is 9.91. The van der Waals surface area contributed by atoms with Crippen LogP contribution >= 0.6 is 0 Å². The van der Waals surface area contributed by atoms with E-state index < -0.39 is 0 Å². The van der Waals surface area contributed by atoms with Gasteiger partial charge in [-0.25, -0.2) is 0 Å². The zero-order valence-corrected chi connectivity index (χ0v) is 21.8. The smallest absolute Gasteiger partial charge is 0.0613 e. The summed E-state index contributed by atoms with van der Waals surface area (Å²) in [4.78, 5) is 2.23. The molecule has 0 heterocycles. The molecule has 6 aromatic carbocycles. The normalized spacial score (nSPS) is 12.4. The first-order valence-electron chi connectivity index (χ1n) is 13.4. The van der Waals surface area contributed by atoms with Crippen LogP contribution in [0.2, 0.25) is 0 Å². The van der Waals surface area contributed by atoms with E-state index in [-0.39, 0.29) is 0 Å². The van der Waals surface area contributed by atoms with Crippen molar-refractivity contribution in [2.75, 3.05) is 4.90 Å². The lowest BCUT2D eigenvalue weighted by molar-refractivity contribution is 1.20. The lowest BCUT2D eigenvalue weighted by Gasteiger charge is -2.27. The molecule has 186 valence electrons. The molecular formula is C37H28N2. The maximum absolute atomic E-state index is 6.18. The molecule has 0 aliphatic heterocycles. The molecule has 2 N–H and O–H groups in total. The SMILES string of the molecule is C/C=C\C(=C/N)N(c1ccc(-c2ccc3c4c(cccc24)-c2ccccc2-3)cc1)c1cccc2ccccc12. The van der Waals surface area contributed by atoms with E-state index in [0.29, 0.717) is 0 Å². The highest BCUT2D eigenvalue weighted by Gasteiger charge is 2.22. The van der Waals surface area contributed by atoms with Gasteiger partial charge in [-0.15, -0.1) is 0 Å². The van der Waals surface area contributed by atoms with Crippen LogP contribution in [0, 0.1) is 0 Å². The Kier molecular flexibility index (Phi) is 5.53. The van der Waals surface area contributed by atoms with Gasteiger partial charge in [0.1, 0.15) is 0 Å². The largest absolute Gasteiger partial charge is 0.403 e. The molecule has 0 spiro atoms. The maximum atomic E-state index is 6.18. The molecule has 0 amide bonds. The summed E-state index contributed by atoms with van der Waals surface area (Å²) in [7, 11) is 0. The van der Waals surface area contributed by atoms with Crippen LogP contribution in [-0.4, -0.2) is 0 Å². The lowest BCUT2D eigenvalue weighted by atomic mass is 9.94. The van der Waals surface area contributed by atoms with E-state index >= 15 is 0 Å². The average Bonchev–Trinajstić information content (AvgIpc) is 3.33. The first-order valence-corrected chi connectivity index (χ1v) is 13.4. The minimum Gasteiger partial charge on any atom is -0.403 e. The molecule has 1 aliphatic rings. The predicted octanol–water partition coefficient (Wildman–Crippen LogP) is 9.82. The molecule has 1 aliphatic carbocycles. The number of hydrogen-bond acceptors (Lipinski definition) is 2. The summed E-state index contributed by atoms with van der Waals surface area (Å²) < 4.78 is 0. The molecule has 0 aromatic heterocycles. The first-order chi connectivity index (χ1) is 19.3. The molecule has 0 bridgehead atoms. The molecule has 7 rings (SSSR count). The van der Waals surface area contributed by atoms with Crippen LogP contribution in [0.25, 0.3) is 54.9 Å². The molecule has 0 unspecified atom stereocenters. The van der Waals surface area contributed by atoms with Crippen molar-refractivity contribution in [3.8, 4) is 33.4 Å².